The first-order chi connectivity index (χ1) is 18.3. The fraction of sp³-hybridized carbons (Fsp3) is 0.423. The van der Waals surface area contributed by atoms with Crippen LogP contribution in [0.2, 0.25) is 0 Å². The zero-order valence-corrected chi connectivity index (χ0v) is 19.9. The minimum absolute atomic E-state index is 0.0739. The normalized spacial score (nSPS) is 33.8. The number of fused-ring (bicyclic) bond motifs is 1. The molecule has 204 valence electrons. The maximum atomic E-state index is 13.4. The molecule has 3 aromatic rings. The molecule has 0 unspecified atom stereocenters. The van der Waals surface area contributed by atoms with E-state index in [2.05, 4.69) is 0 Å². The molecular weight excluding hydrogens is 504 g/mol. The fourth-order valence-electron chi connectivity index (χ4n) is 4.39. The molecule has 0 saturated carbocycles. The summed E-state index contributed by atoms with van der Waals surface area (Å²) in [5.41, 5.74) is 0.287. The van der Waals surface area contributed by atoms with Gasteiger partial charge in [-0.2, -0.15) is 0 Å². The molecular formula is C26H28O12. The smallest absolute Gasteiger partial charge is 0.235 e. The molecule has 12 nitrogen and oxygen atoms in total. The van der Waals surface area contributed by atoms with E-state index >= 15 is 0 Å². The molecule has 0 spiro atoms. The van der Waals surface area contributed by atoms with Crippen LogP contribution in [0.1, 0.15) is 0 Å². The summed E-state index contributed by atoms with van der Waals surface area (Å²) in [4.78, 5) is 13.4. The van der Waals surface area contributed by atoms with Crippen LogP contribution in [0, 0.1) is 0 Å². The quantitative estimate of drug-likeness (QED) is 0.230. The first-order valence-electron chi connectivity index (χ1n) is 12.0. The average molecular weight is 532 g/mol. The van der Waals surface area contributed by atoms with Crippen molar-refractivity contribution in [2.75, 3.05) is 13.2 Å². The van der Waals surface area contributed by atoms with Crippen LogP contribution >= 0.6 is 0 Å². The number of benzene rings is 2. The third kappa shape index (κ3) is 5.06. The predicted octanol–water partition coefficient (Wildman–Crippen LogP) is -0.898. The van der Waals surface area contributed by atoms with Crippen molar-refractivity contribution in [3.63, 3.8) is 0 Å². The van der Waals surface area contributed by atoms with E-state index in [0.717, 1.165) is 0 Å². The molecule has 9 atom stereocenters. The minimum Gasteiger partial charge on any atom is -0.454 e. The van der Waals surface area contributed by atoms with Crippen molar-refractivity contribution in [2.24, 2.45) is 0 Å². The van der Waals surface area contributed by atoms with Crippen LogP contribution in [0.25, 0.3) is 22.3 Å². The summed E-state index contributed by atoms with van der Waals surface area (Å²) >= 11 is 0. The van der Waals surface area contributed by atoms with E-state index in [1.807, 2.05) is 0 Å². The summed E-state index contributed by atoms with van der Waals surface area (Å²) in [6.45, 7) is -0.767. The summed E-state index contributed by atoms with van der Waals surface area (Å²) in [5.74, 6) is -0.199. The number of rotatable bonds is 6. The van der Waals surface area contributed by atoms with Gasteiger partial charge in [-0.15, -0.1) is 0 Å². The molecule has 12 heteroatoms. The molecule has 0 radical (unpaired) electrons. The molecule has 2 aliphatic rings. The molecule has 6 N–H and O–H groups in total. The van der Waals surface area contributed by atoms with Crippen molar-refractivity contribution in [2.45, 2.75) is 55.3 Å². The van der Waals surface area contributed by atoms with Crippen LogP contribution in [0.5, 0.6) is 5.75 Å². The molecule has 2 aliphatic heterocycles. The lowest BCUT2D eigenvalue weighted by Crippen LogP contribution is -2.61. The summed E-state index contributed by atoms with van der Waals surface area (Å²) < 4.78 is 28.1. The van der Waals surface area contributed by atoms with Gasteiger partial charge >= 0.3 is 0 Å². The predicted molar refractivity (Wildman–Crippen MR) is 129 cm³/mol. The lowest BCUT2D eigenvalue weighted by Gasteiger charge is -2.41. The van der Waals surface area contributed by atoms with E-state index in [9.17, 15) is 35.4 Å². The average Bonchev–Trinajstić information content (AvgIpc) is 2.94. The topological polar surface area (TPSA) is 189 Å². The van der Waals surface area contributed by atoms with Crippen molar-refractivity contribution in [3.8, 4) is 17.1 Å². The molecule has 38 heavy (non-hydrogen) atoms. The van der Waals surface area contributed by atoms with Crippen molar-refractivity contribution >= 4 is 11.0 Å². The Morgan fingerprint density at radius 1 is 0.789 bits per heavy atom. The van der Waals surface area contributed by atoms with Gasteiger partial charge in [-0.25, -0.2) is 0 Å². The lowest BCUT2D eigenvalue weighted by molar-refractivity contribution is -0.307. The molecule has 0 amide bonds. The second-order valence-corrected chi connectivity index (χ2v) is 9.17. The van der Waals surface area contributed by atoms with Gasteiger partial charge < -0.3 is 54.0 Å². The van der Waals surface area contributed by atoms with E-state index in [1.165, 1.54) is 0 Å². The number of aliphatic hydroxyl groups excluding tert-OH is 6. The monoisotopic (exact) mass is 532 g/mol. The molecule has 1 aromatic heterocycles. The third-order valence-corrected chi connectivity index (χ3v) is 6.57. The van der Waals surface area contributed by atoms with E-state index in [0.29, 0.717) is 11.1 Å². The van der Waals surface area contributed by atoms with Gasteiger partial charge in [0.05, 0.1) is 18.6 Å². The highest BCUT2D eigenvalue weighted by molar-refractivity contribution is 5.81. The highest BCUT2D eigenvalue weighted by Gasteiger charge is 2.47. The van der Waals surface area contributed by atoms with Crippen LogP contribution in [-0.2, 0) is 14.2 Å². The highest BCUT2D eigenvalue weighted by Crippen LogP contribution is 2.33. The summed E-state index contributed by atoms with van der Waals surface area (Å²) in [7, 11) is 0. The second kappa shape index (κ2) is 11.1. The van der Waals surface area contributed by atoms with E-state index < -0.39 is 67.3 Å². The maximum Gasteiger partial charge on any atom is 0.235 e. The molecule has 3 heterocycles. The van der Waals surface area contributed by atoms with Crippen LogP contribution in [0.3, 0.4) is 0 Å². The Hall–Kier alpha value is -2.91. The molecule has 2 fully saturated rings. The first kappa shape index (κ1) is 26.7. The van der Waals surface area contributed by atoms with Gasteiger partial charge in [0.15, 0.2) is 12.1 Å². The Balaban J connectivity index is 1.41. The second-order valence-electron chi connectivity index (χ2n) is 9.17. The number of aliphatic hydroxyl groups is 6. The van der Waals surface area contributed by atoms with E-state index in [1.54, 1.807) is 54.6 Å². The summed E-state index contributed by atoms with van der Waals surface area (Å²) in [6.07, 6.45) is -13.8. The molecule has 0 bridgehead atoms. The Labute approximate surface area is 215 Å². The van der Waals surface area contributed by atoms with Gasteiger partial charge in [-0.3, -0.25) is 4.79 Å². The zero-order valence-electron chi connectivity index (χ0n) is 19.9. The number of ether oxygens (including phenoxy) is 4. The molecule has 0 aliphatic carbocycles. The maximum absolute atomic E-state index is 13.4. The van der Waals surface area contributed by atoms with Crippen LogP contribution in [-0.4, -0.2) is 99.2 Å². The first-order valence-corrected chi connectivity index (χ1v) is 12.0. The van der Waals surface area contributed by atoms with Crippen molar-refractivity contribution in [1.82, 2.24) is 0 Å². The van der Waals surface area contributed by atoms with Crippen molar-refractivity contribution in [1.29, 1.82) is 0 Å². The van der Waals surface area contributed by atoms with E-state index in [4.69, 9.17) is 23.4 Å². The SMILES string of the molecule is O=c1c(O[C@@H]2O[C@H](CO[C@@H]3OC[C@@H](O)[C@H](O)[C@H]3O)[C@@H](O)[C@H](O)[C@H]2O)c(-c2ccccc2)oc2ccccc12. The van der Waals surface area contributed by atoms with Gasteiger partial charge in [0.25, 0.3) is 0 Å². The van der Waals surface area contributed by atoms with Crippen LogP contribution in [0.4, 0.5) is 0 Å². The molecule has 2 saturated heterocycles. The molecule has 5 rings (SSSR count). The van der Waals surface area contributed by atoms with Gasteiger partial charge in [0.1, 0.15) is 48.3 Å². The standard InChI is InChI=1S/C26H28O12/c27-14-10-34-25(21(32)18(14)29)35-11-16-19(30)20(31)22(33)26(37-16)38-24-17(28)13-8-4-5-9-15(13)36-23(24)12-6-2-1-3-7-12/h1-9,14,16,18-22,25-27,29-33H,10-11H2/t14-,16-,18+,19-,20+,21-,22-,25+,26+/m1/s1. The summed E-state index contributed by atoms with van der Waals surface area (Å²) in [5, 5.41) is 61.3. The number of hydrogen-bond donors (Lipinski definition) is 6. The fourth-order valence-corrected chi connectivity index (χ4v) is 4.39. The van der Waals surface area contributed by atoms with Gasteiger partial charge in [0, 0.05) is 5.56 Å². The van der Waals surface area contributed by atoms with Gasteiger partial charge in [-0.1, -0.05) is 42.5 Å². The van der Waals surface area contributed by atoms with E-state index in [-0.39, 0.29) is 23.5 Å². The van der Waals surface area contributed by atoms with Crippen molar-refractivity contribution in [3.05, 3.63) is 64.8 Å². The largest absolute Gasteiger partial charge is 0.454 e. The Morgan fingerprint density at radius 2 is 1.47 bits per heavy atom. The van der Waals surface area contributed by atoms with Gasteiger partial charge in [-0.05, 0) is 12.1 Å². The summed E-state index contributed by atoms with van der Waals surface area (Å²) in [6, 6.07) is 15.2. The molecule has 2 aromatic carbocycles. The highest BCUT2D eigenvalue weighted by atomic mass is 16.7. The Morgan fingerprint density at radius 3 is 2.24 bits per heavy atom. The third-order valence-electron chi connectivity index (χ3n) is 6.57. The number of para-hydroxylation sites is 1. The Bertz CT molecular complexity index is 1300. The zero-order chi connectivity index (χ0) is 27.0. The van der Waals surface area contributed by atoms with Crippen LogP contribution in [0.15, 0.2) is 63.8 Å². The number of hydrogen-bond acceptors (Lipinski definition) is 12. The Kier molecular flexibility index (Phi) is 7.77. The van der Waals surface area contributed by atoms with Crippen molar-refractivity contribution < 1.29 is 54.0 Å². The van der Waals surface area contributed by atoms with Gasteiger partial charge in [0.2, 0.25) is 17.5 Å². The van der Waals surface area contributed by atoms with Crippen LogP contribution < -0.4 is 10.2 Å². The lowest BCUT2D eigenvalue weighted by atomic mass is 9.99. The minimum atomic E-state index is -1.76.